The highest BCUT2D eigenvalue weighted by molar-refractivity contribution is 6.12. The first-order chi connectivity index (χ1) is 30.7. The van der Waals surface area contributed by atoms with Crippen LogP contribution in [0, 0.1) is 0 Å². The fourth-order valence-corrected chi connectivity index (χ4v) is 9.44. The standard InChI is InChI=1S/C60H39NO/c1-3-14-50-41(11-1)13-9-18-51(50)43-24-26-44(27-25-43)53-16-5-7-20-57(53)61(49-37-33-45(34-38-49)54-19-10-22-59-60(54)55-17-6-8-21-58(55)62-59)48-35-31-40(32-36-48)47-30-29-46-28-23-42-12-2-4-15-52(42)56(46)39-47/h1-39H. The summed E-state index contributed by atoms with van der Waals surface area (Å²) in [5.74, 6) is 0. The van der Waals surface area contributed by atoms with Crippen molar-refractivity contribution in [1.29, 1.82) is 0 Å². The van der Waals surface area contributed by atoms with Crippen LogP contribution in [-0.4, -0.2) is 0 Å². The van der Waals surface area contributed by atoms with Gasteiger partial charge in [0.05, 0.1) is 5.69 Å². The van der Waals surface area contributed by atoms with Crippen LogP contribution in [0.2, 0.25) is 0 Å². The summed E-state index contributed by atoms with van der Waals surface area (Å²) in [5, 5.41) is 9.82. The van der Waals surface area contributed by atoms with Gasteiger partial charge in [0.15, 0.2) is 0 Å². The third-order valence-electron chi connectivity index (χ3n) is 12.5. The number of fused-ring (bicyclic) bond motifs is 7. The zero-order chi connectivity index (χ0) is 41.0. The molecule has 0 amide bonds. The quantitative estimate of drug-likeness (QED) is 0.150. The molecule has 290 valence electrons. The van der Waals surface area contributed by atoms with Crippen molar-refractivity contribution in [1.82, 2.24) is 0 Å². The van der Waals surface area contributed by atoms with Gasteiger partial charge in [-0.3, -0.25) is 0 Å². The van der Waals surface area contributed by atoms with Crippen LogP contribution in [0.25, 0.3) is 98.8 Å². The van der Waals surface area contributed by atoms with E-state index in [2.05, 4.69) is 229 Å². The predicted molar refractivity (Wildman–Crippen MR) is 263 cm³/mol. The molecule has 12 rings (SSSR count). The van der Waals surface area contributed by atoms with Gasteiger partial charge in [0.25, 0.3) is 0 Å². The Morgan fingerprint density at radius 1 is 0.274 bits per heavy atom. The normalized spacial score (nSPS) is 11.5. The zero-order valence-electron chi connectivity index (χ0n) is 33.9. The first kappa shape index (κ1) is 35.7. The summed E-state index contributed by atoms with van der Waals surface area (Å²) in [6.45, 7) is 0. The SMILES string of the molecule is c1ccc(N(c2ccc(-c3ccc4ccc5ccccc5c4c3)cc2)c2ccc(-c3cccc4oc5ccccc5c34)cc2)c(-c2ccc(-c3cccc4ccccc34)cc2)c1. The molecule has 1 aromatic heterocycles. The summed E-state index contributed by atoms with van der Waals surface area (Å²) in [5.41, 5.74) is 14.5. The van der Waals surface area contributed by atoms with Crippen LogP contribution in [0.5, 0.6) is 0 Å². The number of hydrogen-bond acceptors (Lipinski definition) is 2. The van der Waals surface area contributed by atoms with Gasteiger partial charge >= 0.3 is 0 Å². The van der Waals surface area contributed by atoms with Gasteiger partial charge in [-0.25, -0.2) is 0 Å². The molecule has 0 saturated carbocycles. The zero-order valence-corrected chi connectivity index (χ0v) is 33.9. The summed E-state index contributed by atoms with van der Waals surface area (Å²) >= 11 is 0. The number of para-hydroxylation sites is 2. The average Bonchev–Trinajstić information content (AvgIpc) is 3.74. The maximum absolute atomic E-state index is 6.27. The molecule has 11 aromatic carbocycles. The number of hydrogen-bond donors (Lipinski definition) is 0. The maximum Gasteiger partial charge on any atom is 0.136 e. The minimum atomic E-state index is 0.898. The maximum atomic E-state index is 6.27. The lowest BCUT2D eigenvalue weighted by Gasteiger charge is -2.28. The van der Waals surface area contributed by atoms with Gasteiger partial charge in [0, 0.05) is 27.7 Å². The lowest BCUT2D eigenvalue weighted by atomic mass is 9.95. The second kappa shape index (κ2) is 14.8. The predicted octanol–water partition coefficient (Wildman–Crippen LogP) is 17.2. The fraction of sp³-hybridized carbons (Fsp3) is 0. The molecule has 0 spiro atoms. The number of rotatable bonds is 7. The molecular formula is C60H39NO. The van der Waals surface area contributed by atoms with Crippen molar-refractivity contribution >= 4 is 71.3 Å². The third-order valence-corrected chi connectivity index (χ3v) is 12.5. The Morgan fingerprint density at radius 2 is 0.742 bits per heavy atom. The highest BCUT2D eigenvalue weighted by atomic mass is 16.3. The molecule has 12 aromatic rings. The number of benzene rings is 11. The van der Waals surface area contributed by atoms with E-state index in [-0.39, 0.29) is 0 Å². The van der Waals surface area contributed by atoms with Gasteiger partial charge < -0.3 is 9.32 Å². The van der Waals surface area contributed by atoms with Gasteiger partial charge in [-0.1, -0.05) is 188 Å². The summed E-state index contributed by atoms with van der Waals surface area (Å²) in [4.78, 5) is 2.39. The Labute approximate surface area is 360 Å². The Morgan fingerprint density at radius 3 is 1.52 bits per heavy atom. The summed E-state index contributed by atoms with van der Waals surface area (Å²) in [6, 6.07) is 85.5. The van der Waals surface area contributed by atoms with Crippen LogP contribution in [0.15, 0.2) is 241 Å². The second-order valence-electron chi connectivity index (χ2n) is 16.0. The van der Waals surface area contributed by atoms with Crippen molar-refractivity contribution in [2.24, 2.45) is 0 Å². The van der Waals surface area contributed by atoms with Crippen LogP contribution >= 0.6 is 0 Å². The van der Waals surface area contributed by atoms with Crippen molar-refractivity contribution in [2.75, 3.05) is 4.90 Å². The second-order valence-corrected chi connectivity index (χ2v) is 16.0. The van der Waals surface area contributed by atoms with Crippen LogP contribution < -0.4 is 4.90 Å². The van der Waals surface area contributed by atoms with Crippen LogP contribution in [0.1, 0.15) is 0 Å². The van der Waals surface area contributed by atoms with Crippen LogP contribution in [0.3, 0.4) is 0 Å². The van der Waals surface area contributed by atoms with E-state index >= 15 is 0 Å². The lowest BCUT2D eigenvalue weighted by molar-refractivity contribution is 0.669. The lowest BCUT2D eigenvalue weighted by Crippen LogP contribution is -2.11. The van der Waals surface area contributed by atoms with Gasteiger partial charge in [-0.05, 0) is 120 Å². The van der Waals surface area contributed by atoms with Crippen molar-refractivity contribution in [3.8, 4) is 44.5 Å². The Kier molecular flexibility index (Phi) is 8.53. The van der Waals surface area contributed by atoms with E-state index in [1.165, 1.54) is 54.6 Å². The Hall–Kier alpha value is -8.20. The number of furan rings is 1. The Balaban J connectivity index is 0.968. The van der Waals surface area contributed by atoms with Crippen LogP contribution in [-0.2, 0) is 0 Å². The van der Waals surface area contributed by atoms with E-state index in [4.69, 9.17) is 4.42 Å². The molecule has 0 bridgehead atoms. The highest BCUT2D eigenvalue weighted by Crippen LogP contribution is 2.44. The van der Waals surface area contributed by atoms with E-state index in [0.717, 1.165) is 61.3 Å². The molecule has 0 aliphatic carbocycles. The highest BCUT2D eigenvalue weighted by Gasteiger charge is 2.19. The van der Waals surface area contributed by atoms with Crippen molar-refractivity contribution in [3.63, 3.8) is 0 Å². The van der Waals surface area contributed by atoms with Gasteiger partial charge in [-0.15, -0.1) is 0 Å². The molecule has 62 heavy (non-hydrogen) atoms. The van der Waals surface area contributed by atoms with Crippen molar-refractivity contribution in [3.05, 3.63) is 237 Å². The molecule has 0 unspecified atom stereocenters. The molecule has 2 nitrogen and oxygen atoms in total. The molecule has 0 fully saturated rings. The van der Waals surface area contributed by atoms with Crippen molar-refractivity contribution in [2.45, 2.75) is 0 Å². The monoisotopic (exact) mass is 789 g/mol. The molecular weight excluding hydrogens is 751 g/mol. The molecule has 0 aliphatic heterocycles. The number of nitrogens with zero attached hydrogens (tertiary/aromatic N) is 1. The fourth-order valence-electron chi connectivity index (χ4n) is 9.44. The van der Waals surface area contributed by atoms with Gasteiger partial charge in [0.2, 0.25) is 0 Å². The molecule has 0 radical (unpaired) electrons. The van der Waals surface area contributed by atoms with E-state index in [0.29, 0.717) is 0 Å². The molecule has 0 saturated heterocycles. The average molecular weight is 790 g/mol. The van der Waals surface area contributed by atoms with Crippen molar-refractivity contribution < 1.29 is 4.42 Å². The summed E-state index contributed by atoms with van der Waals surface area (Å²) in [7, 11) is 0. The third kappa shape index (κ3) is 6.12. The first-order valence-electron chi connectivity index (χ1n) is 21.2. The van der Waals surface area contributed by atoms with E-state index in [1.807, 2.05) is 12.1 Å². The molecule has 2 heteroatoms. The summed E-state index contributed by atoms with van der Waals surface area (Å²) < 4.78 is 6.27. The van der Waals surface area contributed by atoms with Gasteiger partial charge in [0.1, 0.15) is 11.2 Å². The van der Waals surface area contributed by atoms with Crippen LogP contribution in [0.4, 0.5) is 17.1 Å². The molecule has 0 aliphatic rings. The largest absolute Gasteiger partial charge is 0.456 e. The smallest absolute Gasteiger partial charge is 0.136 e. The summed E-state index contributed by atoms with van der Waals surface area (Å²) in [6.07, 6.45) is 0. The van der Waals surface area contributed by atoms with E-state index in [1.54, 1.807) is 0 Å². The van der Waals surface area contributed by atoms with E-state index < -0.39 is 0 Å². The minimum Gasteiger partial charge on any atom is -0.456 e. The first-order valence-corrected chi connectivity index (χ1v) is 21.2. The minimum absolute atomic E-state index is 0.898. The molecule has 1 heterocycles. The van der Waals surface area contributed by atoms with E-state index in [9.17, 15) is 0 Å². The topological polar surface area (TPSA) is 16.4 Å². The molecule has 0 atom stereocenters. The van der Waals surface area contributed by atoms with Gasteiger partial charge in [-0.2, -0.15) is 0 Å². The Bertz CT molecular complexity index is 3610. The number of anilines is 3. The molecule has 0 N–H and O–H groups in total.